The molecule has 3 unspecified atom stereocenters. The zero-order valence-corrected chi connectivity index (χ0v) is 11.7. The van der Waals surface area contributed by atoms with Crippen LogP contribution in [0.25, 0.3) is 0 Å². The van der Waals surface area contributed by atoms with Crippen molar-refractivity contribution in [1.29, 1.82) is 0 Å². The number of furan rings is 1. The lowest BCUT2D eigenvalue weighted by molar-refractivity contribution is 0.244. The fourth-order valence-electron chi connectivity index (χ4n) is 3.52. The van der Waals surface area contributed by atoms with E-state index in [2.05, 4.69) is 4.72 Å². The molecule has 3 rings (SSSR count). The summed E-state index contributed by atoms with van der Waals surface area (Å²) in [5.74, 6) is 1.80. The Kier molecular flexibility index (Phi) is 3.19. The number of fused-ring (bicyclic) bond motifs is 2. The summed E-state index contributed by atoms with van der Waals surface area (Å²) in [6, 6.07) is 1.47. The molecule has 1 heterocycles. The second-order valence-electron chi connectivity index (χ2n) is 5.69. The number of aliphatic hydroxyl groups excluding tert-OH is 1. The lowest BCUT2D eigenvalue weighted by Gasteiger charge is -2.22. The van der Waals surface area contributed by atoms with Crippen LogP contribution in [0.1, 0.15) is 37.2 Å². The molecule has 0 aliphatic heterocycles. The van der Waals surface area contributed by atoms with Crippen LogP contribution in [0.3, 0.4) is 0 Å². The highest BCUT2D eigenvalue weighted by atomic mass is 32.2. The molecule has 5 nitrogen and oxygen atoms in total. The Morgan fingerprint density at radius 3 is 2.74 bits per heavy atom. The molecular weight excluding hydrogens is 266 g/mol. The fourth-order valence-corrected chi connectivity index (χ4v) is 5.04. The Labute approximate surface area is 113 Å². The molecule has 0 spiro atoms. The van der Waals surface area contributed by atoms with Gasteiger partial charge in [0.1, 0.15) is 23.0 Å². The second-order valence-corrected chi connectivity index (χ2v) is 7.38. The van der Waals surface area contributed by atoms with Crippen LogP contribution in [-0.4, -0.2) is 19.6 Å². The molecule has 1 aromatic heterocycles. The summed E-state index contributed by atoms with van der Waals surface area (Å²) < 4.78 is 32.7. The highest BCUT2D eigenvalue weighted by Crippen LogP contribution is 2.44. The Morgan fingerprint density at radius 2 is 2.21 bits per heavy atom. The predicted molar refractivity (Wildman–Crippen MR) is 68.9 cm³/mol. The monoisotopic (exact) mass is 285 g/mol. The van der Waals surface area contributed by atoms with E-state index in [9.17, 15) is 8.42 Å². The number of rotatable bonds is 4. The molecule has 2 fully saturated rings. The third-order valence-electron chi connectivity index (χ3n) is 4.41. The fraction of sp³-hybridized carbons (Fsp3) is 0.692. The number of aliphatic hydroxyl groups is 1. The Hall–Kier alpha value is -0.850. The minimum atomic E-state index is -3.54. The molecule has 2 aliphatic carbocycles. The summed E-state index contributed by atoms with van der Waals surface area (Å²) in [6.45, 7) is 1.32. The molecule has 2 aliphatic rings. The molecule has 1 aromatic rings. The van der Waals surface area contributed by atoms with E-state index in [-0.39, 0.29) is 23.3 Å². The normalized spacial score (nSPS) is 30.1. The molecular formula is C13H19NO4S. The molecule has 0 radical (unpaired) electrons. The molecule has 0 aromatic carbocycles. The van der Waals surface area contributed by atoms with Crippen molar-refractivity contribution < 1.29 is 17.9 Å². The third kappa shape index (κ3) is 2.32. The van der Waals surface area contributed by atoms with Crippen molar-refractivity contribution in [3.8, 4) is 0 Å². The predicted octanol–water partition coefficient (Wildman–Crippen LogP) is 1.55. The summed E-state index contributed by atoms with van der Waals surface area (Å²) in [5, 5.41) is 9.00. The molecule has 0 amide bonds. The van der Waals surface area contributed by atoms with Crippen LogP contribution in [0.2, 0.25) is 0 Å². The van der Waals surface area contributed by atoms with Crippen molar-refractivity contribution >= 4 is 10.0 Å². The van der Waals surface area contributed by atoms with Gasteiger partial charge in [-0.25, -0.2) is 13.1 Å². The van der Waals surface area contributed by atoms with Gasteiger partial charge in [0, 0.05) is 12.1 Å². The van der Waals surface area contributed by atoms with Gasteiger partial charge in [-0.2, -0.15) is 0 Å². The highest BCUT2D eigenvalue weighted by molar-refractivity contribution is 7.89. The summed E-state index contributed by atoms with van der Waals surface area (Å²) >= 11 is 0. The summed E-state index contributed by atoms with van der Waals surface area (Å²) in [7, 11) is -3.54. The van der Waals surface area contributed by atoms with Gasteiger partial charge in [0.25, 0.3) is 0 Å². The summed E-state index contributed by atoms with van der Waals surface area (Å²) in [5.41, 5.74) is 0. The van der Waals surface area contributed by atoms with Crippen molar-refractivity contribution in [1.82, 2.24) is 4.72 Å². The first-order valence-electron chi connectivity index (χ1n) is 6.72. The van der Waals surface area contributed by atoms with Gasteiger partial charge in [-0.3, -0.25) is 0 Å². The highest BCUT2D eigenvalue weighted by Gasteiger charge is 2.41. The van der Waals surface area contributed by atoms with Gasteiger partial charge in [-0.1, -0.05) is 6.42 Å². The summed E-state index contributed by atoms with van der Waals surface area (Å²) in [6.07, 6.45) is 4.47. The molecule has 106 valence electrons. The van der Waals surface area contributed by atoms with Gasteiger partial charge in [-0.05, 0) is 38.0 Å². The van der Waals surface area contributed by atoms with E-state index < -0.39 is 10.0 Å². The molecule has 6 heteroatoms. The van der Waals surface area contributed by atoms with E-state index >= 15 is 0 Å². The maximum absolute atomic E-state index is 12.4. The first kappa shape index (κ1) is 13.1. The number of nitrogens with one attached hydrogen (secondary N) is 1. The van der Waals surface area contributed by atoms with Crippen LogP contribution < -0.4 is 4.72 Å². The van der Waals surface area contributed by atoms with Crippen molar-refractivity contribution in [2.24, 2.45) is 11.8 Å². The second kappa shape index (κ2) is 4.61. The SMILES string of the molecule is Cc1oc(CO)cc1S(=O)(=O)NC1CC2CCC1C2. The number of hydrogen-bond acceptors (Lipinski definition) is 4. The first-order chi connectivity index (χ1) is 8.99. The molecule has 0 saturated heterocycles. The van der Waals surface area contributed by atoms with Gasteiger partial charge >= 0.3 is 0 Å². The van der Waals surface area contributed by atoms with Gasteiger partial charge in [0.05, 0.1) is 0 Å². The number of sulfonamides is 1. The Morgan fingerprint density at radius 1 is 1.42 bits per heavy atom. The number of hydrogen-bond donors (Lipinski definition) is 2. The first-order valence-corrected chi connectivity index (χ1v) is 8.20. The Balaban J connectivity index is 1.80. The maximum atomic E-state index is 12.4. The van der Waals surface area contributed by atoms with E-state index in [4.69, 9.17) is 9.52 Å². The van der Waals surface area contributed by atoms with Crippen molar-refractivity contribution in [2.75, 3.05) is 0 Å². The van der Waals surface area contributed by atoms with Gasteiger partial charge < -0.3 is 9.52 Å². The standard InChI is InChI=1S/C13H19NO4S/c1-8-13(6-11(7-15)18-8)19(16,17)14-12-5-9-2-3-10(12)4-9/h6,9-10,12,14-15H,2-5,7H2,1H3. The molecule has 2 N–H and O–H groups in total. The van der Waals surface area contributed by atoms with Crippen LogP contribution in [0, 0.1) is 18.8 Å². The van der Waals surface area contributed by atoms with Gasteiger partial charge in [-0.15, -0.1) is 0 Å². The smallest absolute Gasteiger partial charge is 0.244 e. The van der Waals surface area contributed by atoms with Gasteiger partial charge in [0.2, 0.25) is 10.0 Å². The lowest BCUT2D eigenvalue weighted by atomic mass is 9.96. The van der Waals surface area contributed by atoms with Crippen LogP contribution >= 0.6 is 0 Å². The van der Waals surface area contributed by atoms with E-state index in [0.29, 0.717) is 17.6 Å². The maximum Gasteiger partial charge on any atom is 0.244 e. The van der Waals surface area contributed by atoms with Crippen LogP contribution in [-0.2, 0) is 16.6 Å². The van der Waals surface area contributed by atoms with E-state index in [1.807, 2.05) is 0 Å². The van der Waals surface area contributed by atoms with Gasteiger partial charge in [0.15, 0.2) is 0 Å². The molecule has 3 atom stereocenters. The van der Waals surface area contributed by atoms with Crippen LogP contribution in [0.4, 0.5) is 0 Å². The van der Waals surface area contributed by atoms with E-state index in [1.165, 1.54) is 12.5 Å². The molecule has 19 heavy (non-hydrogen) atoms. The van der Waals surface area contributed by atoms with E-state index in [0.717, 1.165) is 19.3 Å². The van der Waals surface area contributed by atoms with Crippen LogP contribution in [0.5, 0.6) is 0 Å². The van der Waals surface area contributed by atoms with Crippen molar-refractivity contribution in [3.63, 3.8) is 0 Å². The van der Waals surface area contributed by atoms with Crippen molar-refractivity contribution in [3.05, 3.63) is 17.6 Å². The lowest BCUT2D eigenvalue weighted by Crippen LogP contribution is -2.38. The largest absolute Gasteiger partial charge is 0.462 e. The zero-order valence-electron chi connectivity index (χ0n) is 10.9. The van der Waals surface area contributed by atoms with Crippen molar-refractivity contribution in [2.45, 2.75) is 50.2 Å². The summed E-state index contributed by atoms with van der Waals surface area (Å²) in [4.78, 5) is 0.152. The topological polar surface area (TPSA) is 79.5 Å². The zero-order chi connectivity index (χ0) is 13.6. The quantitative estimate of drug-likeness (QED) is 0.879. The molecule has 2 bridgehead atoms. The van der Waals surface area contributed by atoms with Crippen LogP contribution in [0.15, 0.2) is 15.4 Å². The van der Waals surface area contributed by atoms with E-state index in [1.54, 1.807) is 6.92 Å². The average molecular weight is 285 g/mol. The minimum Gasteiger partial charge on any atom is -0.462 e. The molecule has 2 saturated carbocycles. The minimum absolute atomic E-state index is 0.0654. The Bertz CT molecular complexity index is 577. The third-order valence-corrected chi connectivity index (χ3v) is 6.01. The number of aryl methyl sites for hydroxylation is 1. The average Bonchev–Trinajstić information content (AvgIpc) is 3.02.